The van der Waals surface area contributed by atoms with Crippen LogP contribution in [0.1, 0.15) is 40.9 Å². The zero-order valence-electron chi connectivity index (χ0n) is 12.4. The summed E-state index contributed by atoms with van der Waals surface area (Å²) in [6.45, 7) is 0. The second-order valence-electron chi connectivity index (χ2n) is 5.64. The Balaban J connectivity index is 1.95. The van der Waals surface area contributed by atoms with Gasteiger partial charge in [-0.2, -0.15) is 5.10 Å². The summed E-state index contributed by atoms with van der Waals surface area (Å²) in [5, 5.41) is 7.16. The molecule has 1 aliphatic rings. The van der Waals surface area contributed by atoms with Gasteiger partial charge in [-0.15, -0.1) is 0 Å². The van der Waals surface area contributed by atoms with Crippen LogP contribution in [0.15, 0.2) is 18.2 Å². The van der Waals surface area contributed by atoms with Crippen molar-refractivity contribution in [2.45, 2.75) is 24.8 Å². The van der Waals surface area contributed by atoms with Gasteiger partial charge in [-0.3, -0.25) is 9.48 Å². The number of hydrogen-bond donors (Lipinski definition) is 1. The molecular formula is C15H12Cl3F2N3O. The fourth-order valence-electron chi connectivity index (χ4n) is 2.62. The molecule has 1 amide bonds. The summed E-state index contributed by atoms with van der Waals surface area (Å²) >= 11 is 18.2. The number of rotatable bonds is 4. The number of aryl methyl sites for hydroxylation is 1. The van der Waals surface area contributed by atoms with E-state index in [4.69, 9.17) is 34.8 Å². The van der Waals surface area contributed by atoms with E-state index in [1.165, 1.54) is 7.05 Å². The van der Waals surface area contributed by atoms with Crippen LogP contribution in [0.25, 0.3) is 0 Å². The number of nitrogens with zero attached hydrogens (tertiary/aromatic N) is 2. The Bertz CT molecular complexity index is 819. The molecule has 0 radical (unpaired) electrons. The highest BCUT2D eigenvalue weighted by Gasteiger charge is 2.48. The van der Waals surface area contributed by atoms with Crippen molar-refractivity contribution in [3.63, 3.8) is 0 Å². The SMILES string of the molecule is Cn1nc(C(F)F)c(C(=O)NC2(c3cc(Cl)ccc3Cl)CC2)c1Cl. The van der Waals surface area contributed by atoms with E-state index in [-0.39, 0.29) is 10.7 Å². The molecule has 24 heavy (non-hydrogen) atoms. The van der Waals surface area contributed by atoms with Gasteiger partial charge < -0.3 is 5.32 Å². The second-order valence-corrected chi connectivity index (χ2v) is 6.84. The Morgan fingerprint density at radius 3 is 2.58 bits per heavy atom. The highest BCUT2D eigenvalue weighted by atomic mass is 35.5. The van der Waals surface area contributed by atoms with E-state index in [1.54, 1.807) is 18.2 Å². The molecule has 1 fully saturated rings. The van der Waals surface area contributed by atoms with E-state index in [2.05, 4.69) is 10.4 Å². The van der Waals surface area contributed by atoms with Crippen LogP contribution in [0, 0.1) is 0 Å². The summed E-state index contributed by atoms with van der Waals surface area (Å²) in [6.07, 6.45) is -1.66. The van der Waals surface area contributed by atoms with Crippen molar-refractivity contribution in [1.82, 2.24) is 15.1 Å². The van der Waals surface area contributed by atoms with Crippen LogP contribution >= 0.6 is 34.8 Å². The number of benzene rings is 1. The van der Waals surface area contributed by atoms with Gasteiger partial charge in [0.05, 0.1) is 5.54 Å². The third-order valence-electron chi connectivity index (χ3n) is 3.98. The first kappa shape index (κ1) is 17.5. The second kappa shape index (κ2) is 6.17. The predicted octanol–water partition coefficient (Wildman–Crippen LogP) is 4.74. The van der Waals surface area contributed by atoms with Crippen molar-refractivity contribution in [3.8, 4) is 0 Å². The Hall–Kier alpha value is -1.37. The summed E-state index contributed by atoms with van der Waals surface area (Å²) in [5.41, 5.74) is -1.03. The zero-order chi connectivity index (χ0) is 17.6. The molecule has 1 N–H and O–H groups in total. The van der Waals surface area contributed by atoms with Crippen molar-refractivity contribution in [1.29, 1.82) is 0 Å². The average molecular weight is 395 g/mol. The summed E-state index contributed by atoms with van der Waals surface area (Å²) in [5.74, 6) is -0.711. The molecule has 1 heterocycles. The normalized spacial score (nSPS) is 15.6. The molecule has 1 aromatic carbocycles. The minimum absolute atomic E-state index is 0.143. The first-order valence-electron chi connectivity index (χ1n) is 7.04. The highest BCUT2D eigenvalue weighted by molar-refractivity contribution is 6.34. The monoisotopic (exact) mass is 393 g/mol. The van der Waals surface area contributed by atoms with E-state index in [0.29, 0.717) is 28.5 Å². The molecule has 0 atom stereocenters. The van der Waals surface area contributed by atoms with Crippen LogP contribution in [-0.2, 0) is 12.6 Å². The van der Waals surface area contributed by atoms with Crippen LogP contribution in [-0.4, -0.2) is 15.7 Å². The van der Waals surface area contributed by atoms with Gasteiger partial charge in [0.2, 0.25) is 0 Å². The fourth-order valence-corrected chi connectivity index (χ4v) is 3.31. The van der Waals surface area contributed by atoms with Gasteiger partial charge in [-0.25, -0.2) is 8.78 Å². The van der Waals surface area contributed by atoms with Crippen molar-refractivity contribution in [2.24, 2.45) is 7.05 Å². The van der Waals surface area contributed by atoms with E-state index < -0.39 is 23.6 Å². The van der Waals surface area contributed by atoms with Gasteiger partial charge in [0.15, 0.2) is 0 Å². The van der Waals surface area contributed by atoms with E-state index in [1.807, 2.05) is 0 Å². The Labute approximate surface area is 151 Å². The van der Waals surface area contributed by atoms with Crippen molar-refractivity contribution >= 4 is 40.7 Å². The molecule has 0 spiro atoms. The van der Waals surface area contributed by atoms with Gasteiger partial charge in [0, 0.05) is 17.1 Å². The highest BCUT2D eigenvalue weighted by Crippen LogP contribution is 2.49. The van der Waals surface area contributed by atoms with Gasteiger partial charge in [0.1, 0.15) is 16.4 Å². The minimum atomic E-state index is -2.91. The molecule has 1 aliphatic carbocycles. The van der Waals surface area contributed by atoms with Crippen molar-refractivity contribution in [2.75, 3.05) is 0 Å². The van der Waals surface area contributed by atoms with Crippen molar-refractivity contribution < 1.29 is 13.6 Å². The first-order chi connectivity index (χ1) is 11.2. The van der Waals surface area contributed by atoms with E-state index in [9.17, 15) is 13.6 Å². The molecule has 1 aromatic heterocycles. The topological polar surface area (TPSA) is 46.9 Å². The number of amides is 1. The molecule has 9 heteroatoms. The molecular weight excluding hydrogens is 383 g/mol. The predicted molar refractivity (Wildman–Crippen MR) is 88.0 cm³/mol. The summed E-state index contributed by atoms with van der Waals surface area (Å²) < 4.78 is 27.3. The smallest absolute Gasteiger partial charge is 0.283 e. The maximum atomic E-state index is 13.1. The molecule has 0 unspecified atom stereocenters. The van der Waals surface area contributed by atoms with Crippen molar-refractivity contribution in [3.05, 3.63) is 50.2 Å². The van der Waals surface area contributed by atoms with Gasteiger partial charge >= 0.3 is 0 Å². The van der Waals surface area contributed by atoms with Crippen LogP contribution < -0.4 is 5.32 Å². The van der Waals surface area contributed by atoms with Crippen LogP contribution in [0.2, 0.25) is 15.2 Å². The maximum Gasteiger partial charge on any atom is 0.283 e. The first-order valence-corrected chi connectivity index (χ1v) is 8.17. The molecule has 0 aliphatic heterocycles. The van der Waals surface area contributed by atoms with E-state index >= 15 is 0 Å². The molecule has 0 bridgehead atoms. The number of aromatic nitrogens is 2. The number of alkyl halides is 2. The third kappa shape index (κ3) is 2.98. The summed E-state index contributed by atoms with van der Waals surface area (Å²) in [6, 6.07) is 4.93. The Morgan fingerprint density at radius 1 is 1.33 bits per heavy atom. The largest absolute Gasteiger partial charge is 0.342 e. The third-order valence-corrected chi connectivity index (χ3v) is 4.98. The van der Waals surface area contributed by atoms with Crippen LogP contribution in [0.3, 0.4) is 0 Å². The number of carbonyl (C=O) groups is 1. The minimum Gasteiger partial charge on any atom is -0.342 e. The lowest BCUT2D eigenvalue weighted by Crippen LogP contribution is -2.35. The maximum absolute atomic E-state index is 13.1. The molecule has 128 valence electrons. The Kier molecular flexibility index (Phi) is 4.49. The lowest BCUT2D eigenvalue weighted by atomic mass is 10.0. The van der Waals surface area contributed by atoms with Gasteiger partial charge in [-0.05, 0) is 36.6 Å². The Morgan fingerprint density at radius 2 is 2.00 bits per heavy atom. The lowest BCUT2D eigenvalue weighted by Gasteiger charge is -2.19. The standard InChI is InChI=1S/C15H12Cl3F2N3O/c1-23-12(18)10(11(22-23)13(19)20)14(24)21-15(4-5-15)8-6-7(16)2-3-9(8)17/h2-3,6,13H,4-5H2,1H3,(H,21,24). The quantitative estimate of drug-likeness (QED) is 0.814. The van der Waals surface area contributed by atoms with Crippen LogP contribution in [0.4, 0.5) is 8.78 Å². The number of carbonyl (C=O) groups excluding carboxylic acids is 1. The number of nitrogens with one attached hydrogen (secondary N) is 1. The molecule has 3 rings (SSSR count). The molecule has 2 aromatic rings. The van der Waals surface area contributed by atoms with Crippen LogP contribution in [0.5, 0.6) is 0 Å². The fraction of sp³-hybridized carbons (Fsp3) is 0.333. The molecule has 4 nitrogen and oxygen atoms in total. The zero-order valence-corrected chi connectivity index (χ0v) is 14.7. The summed E-state index contributed by atoms with van der Waals surface area (Å²) in [4.78, 5) is 12.6. The number of halogens is 5. The van der Waals surface area contributed by atoms with E-state index in [0.717, 1.165) is 4.68 Å². The average Bonchev–Trinajstić information content (AvgIpc) is 3.22. The molecule has 0 saturated heterocycles. The van der Waals surface area contributed by atoms with Gasteiger partial charge in [-0.1, -0.05) is 34.8 Å². The lowest BCUT2D eigenvalue weighted by molar-refractivity contribution is 0.0916. The molecule has 1 saturated carbocycles. The summed E-state index contributed by atoms with van der Waals surface area (Å²) in [7, 11) is 1.39. The number of hydrogen-bond acceptors (Lipinski definition) is 2. The van der Waals surface area contributed by atoms with Gasteiger partial charge in [0.25, 0.3) is 12.3 Å².